The van der Waals surface area contributed by atoms with Crippen molar-refractivity contribution in [1.82, 2.24) is 0 Å². The van der Waals surface area contributed by atoms with Crippen molar-refractivity contribution in [1.29, 1.82) is 0 Å². The molecule has 1 fully saturated rings. The van der Waals surface area contributed by atoms with Crippen molar-refractivity contribution in [3.8, 4) is 0 Å². The largest absolute Gasteiger partial charge is 0.381 e. The summed E-state index contributed by atoms with van der Waals surface area (Å²) in [7, 11) is 0. The minimum atomic E-state index is -2.39. The van der Waals surface area contributed by atoms with Gasteiger partial charge in [-0.15, -0.1) is 0 Å². The SMILES string of the molecule is CCCC1CC(Nc2ccccc2SC(F)F)CCO1. The second-order valence-corrected chi connectivity index (χ2v) is 6.05. The smallest absolute Gasteiger partial charge is 0.288 e. The normalized spacial score (nSPS) is 23.0. The highest BCUT2D eigenvalue weighted by molar-refractivity contribution is 7.99. The summed E-state index contributed by atoms with van der Waals surface area (Å²) in [5.41, 5.74) is 0.806. The Morgan fingerprint density at radius 1 is 1.40 bits per heavy atom. The molecule has 1 N–H and O–H groups in total. The van der Waals surface area contributed by atoms with Crippen LogP contribution in [-0.4, -0.2) is 24.5 Å². The van der Waals surface area contributed by atoms with Gasteiger partial charge in [-0.3, -0.25) is 0 Å². The molecular formula is C15H21F2NOS. The van der Waals surface area contributed by atoms with Crippen LogP contribution in [0.1, 0.15) is 32.6 Å². The molecule has 0 spiro atoms. The molecule has 1 saturated heterocycles. The van der Waals surface area contributed by atoms with E-state index < -0.39 is 5.76 Å². The van der Waals surface area contributed by atoms with E-state index in [-0.39, 0.29) is 0 Å². The quantitative estimate of drug-likeness (QED) is 0.765. The molecule has 1 aromatic carbocycles. The number of ether oxygens (including phenoxy) is 1. The van der Waals surface area contributed by atoms with Gasteiger partial charge in [0.25, 0.3) is 5.76 Å². The van der Waals surface area contributed by atoms with Gasteiger partial charge in [0.15, 0.2) is 0 Å². The van der Waals surface area contributed by atoms with Gasteiger partial charge in [0.05, 0.1) is 6.10 Å². The highest BCUT2D eigenvalue weighted by atomic mass is 32.2. The Morgan fingerprint density at radius 2 is 2.20 bits per heavy atom. The van der Waals surface area contributed by atoms with Crippen LogP contribution in [0.15, 0.2) is 29.2 Å². The third-order valence-electron chi connectivity index (χ3n) is 3.44. The van der Waals surface area contributed by atoms with E-state index in [1.54, 1.807) is 12.1 Å². The molecule has 2 unspecified atom stereocenters. The monoisotopic (exact) mass is 301 g/mol. The predicted octanol–water partition coefficient (Wildman–Crippen LogP) is 4.76. The molecular weight excluding hydrogens is 280 g/mol. The molecule has 0 amide bonds. The van der Waals surface area contributed by atoms with Gasteiger partial charge in [0.2, 0.25) is 0 Å². The van der Waals surface area contributed by atoms with Crippen LogP contribution < -0.4 is 5.32 Å². The van der Waals surface area contributed by atoms with Crippen LogP contribution in [0.3, 0.4) is 0 Å². The maximum atomic E-state index is 12.6. The molecule has 0 bridgehead atoms. The lowest BCUT2D eigenvalue weighted by atomic mass is 10.00. The van der Waals surface area contributed by atoms with E-state index in [4.69, 9.17) is 4.74 Å². The van der Waals surface area contributed by atoms with E-state index in [0.717, 1.165) is 38.0 Å². The van der Waals surface area contributed by atoms with Gasteiger partial charge < -0.3 is 10.1 Å². The first-order valence-electron chi connectivity index (χ1n) is 7.11. The number of anilines is 1. The van der Waals surface area contributed by atoms with E-state index in [9.17, 15) is 8.78 Å². The van der Waals surface area contributed by atoms with E-state index in [1.165, 1.54) is 0 Å². The topological polar surface area (TPSA) is 21.3 Å². The van der Waals surface area contributed by atoms with Gasteiger partial charge in [-0.05, 0) is 31.4 Å². The molecule has 2 nitrogen and oxygen atoms in total. The van der Waals surface area contributed by atoms with Crippen LogP contribution >= 0.6 is 11.8 Å². The first kappa shape index (κ1) is 15.6. The lowest BCUT2D eigenvalue weighted by Crippen LogP contribution is -2.34. The van der Waals surface area contributed by atoms with Crippen molar-refractivity contribution in [2.75, 3.05) is 11.9 Å². The van der Waals surface area contributed by atoms with Crippen LogP contribution in [0.5, 0.6) is 0 Å². The second-order valence-electron chi connectivity index (χ2n) is 5.02. The summed E-state index contributed by atoms with van der Waals surface area (Å²) < 4.78 is 30.8. The predicted molar refractivity (Wildman–Crippen MR) is 79.6 cm³/mol. The molecule has 1 aromatic rings. The highest BCUT2D eigenvalue weighted by Crippen LogP contribution is 2.33. The summed E-state index contributed by atoms with van der Waals surface area (Å²) in [6.07, 6.45) is 4.33. The van der Waals surface area contributed by atoms with Crippen molar-refractivity contribution in [3.63, 3.8) is 0 Å². The van der Waals surface area contributed by atoms with Crippen molar-refractivity contribution in [2.24, 2.45) is 0 Å². The molecule has 2 rings (SSSR count). The van der Waals surface area contributed by atoms with Gasteiger partial charge in [0, 0.05) is 23.2 Å². The third kappa shape index (κ3) is 4.63. The minimum absolute atomic E-state index is 0.293. The molecule has 1 aliphatic rings. The zero-order chi connectivity index (χ0) is 14.4. The Labute approximate surface area is 123 Å². The van der Waals surface area contributed by atoms with Crippen LogP contribution in [0, 0.1) is 0 Å². The van der Waals surface area contributed by atoms with Crippen molar-refractivity contribution >= 4 is 17.4 Å². The Bertz CT molecular complexity index is 415. The molecule has 20 heavy (non-hydrogen) atoms. The number of thioether (sulfide) groups is 1. The molecule has 2 atom stereocenters. The molecule has 0 radical (unpaired) electrons. The summed E-state index contributed by atoms with van der Waals surface area (Å²) in [4.78, 5) is 0.612. The second kappa shape index (κ2) is 7.84. The first-order chi connectivity index (χ1) is 9.69. The highest BCUT2D eigenvalue weighted by Gasteiger charge is 2.22. The van der Waals surface area contributed by atoms with Gasteiger partial charge in [-0.2, -0.15) is 8.78 Å². The van der Waals surface area contributed by atoms with E-state index >= 15 is 0 Å². The summed E-state index contributed by atoms with van der Waals surface area (Å²) in [5.74, 6) is -2.39. The standard InChI is InChI=1S/C15H21F2NOS/c1-2-5-12-10-11(8-9-19-12)18-13-6-3-4-7-14(13)20-15(16)17/h3-4,6-7,11-12,15,18H,2,5,8-10H2,1H3. The fourth-order valence-corrected chi connectivity index (χ4v) is 3.14. The number of alkyl halides is 2. The fourth-order valence-electron chi connectivity index (χ4n) is 2.54. The maximum Gasteiger partial charge on any atom is 0.288 e. The van der Waals surface area contributed by atoms with Crippen LogP contribution in [-0.2, 0) is 4.74 Å². The van der Waals surface area contributed by atoms with Crippen molar-refractivity contribution < 1.29 is 13.5 Å². The number of para-hydroxylation sites is 1. The van der Waals surface area contributed by atoms with Crippen LogP contribution in [0.25, 0.3) is 0 Å². The number of hydrogen-bond acceptors (Lipinski definition) is 3. The zero-order valence-corrected chi connectivity index (χ0v) is 12.5. The average molecular weight is 301 g/mol. The third-order valence-corrected chi connectivity index (χ3v) is 4.23. The zero-order valence-electron chi connectivity index (χ0n) is 11.6. The molecule has 0 aliphatic carbocycles. The average Bonchev–Trinajstić information content (AvgIpc) is 2.41. The van der Waals surface area contributed by atoms with Gasteiger partial charge >= 0.3 is 0 Å². The Kier molecular flexibility index (Phi) is 6.10. The van der Waals surface area contributed by atoms with Gasteiger partial charge in [-0.1, -0.05) is 37.2 Å². The van der Waals surface area contributed by atoms with Gasteiger partial charge in [0.1, 0.15) is 0 Å². The first-order valence-corrected chi connectivity index (χ1v) is 7.99. The minimum Gasteiger partial charge on any atom is -0.381 e. The molecule has 1 heterocycles. The summed E-state index contributed by atoms with van der Waals surface area (Å²) in [6, 6.07) is 7.58. The number of benzene rings is 1. The Morgan fingerprint density at radius 3 is 2.95 bits per heavy atom. The number of halogens is 2. The lowest BCUT2D eigenvalue weighted by Gasteiger charge is -2.31. The van der Waals surface area contributed by atoms with E-state index in [1.807, 2.05) is 12.1 Å². The summed E-state index contributed by atoms with van der Waals surface area (Å²) in [5, 5.41) is 3.41. The summed E-state index contributed by atoms with van der Waals surface area (Å²) >= 11 is 0.598. The molecule has 112 valence electrons. The van der Waals surface area contributed by atoms with Crippen LogP contribution in [0.4, 0.5) is 14.5 Å². The maximum absolute atomic E-state index is 12.6. The fraction of sp³-hybridized carbons (Fsp3) is 0.600. The Hall–Kier alpha value is -0.810. The van der Waals surface area contributed by atoms with Crippen molar-refractivity contribution in [2.45, 2.75) is 55.4 Å². The lowest BCUT2D eigenvalue weighted by molar-refractivity contribution is 0.00595. The number of hydrogen-bond donors (Lipinski definition) is 1. The number of rotatable bonds is 6. The molecule has 0 saturated carbocycles. The van der Waals surface area contributed by atoms with E-state index in [0.29, 0.717) is 28.8 Å². The van der Waals surface area contributed by atoms with E-state index in [2.05, 4.69) is 12.2 Å². The summed E-state index contributed by atoms with van der Waals surface area (Å²) in [6.45, 7) is 2.89. The molecule has 0 aromatic heterocycles. The molecule has 1 aliphatic heterocycles. The van der Waals surface area contributed by atoms with Gasteiger partial charge in [-0.25, -0.2) is 0 Å². The molecule has 5 heteroatoms. The van der Waals surface area contributed by atoms with Crippen LogP contribution in [0.2, 0.25) is 0 Å². The Balaban J connectivity index is 1.98. The number of nitrogens with one attached hydrogen (secondary N) is 1. The van der Waals surface area contributed by atoms with Crippen molar-refractivity contribution in [3.05, 3.63) is 24.3 Å².